The molecule has 1 aromatic carbocycles. The number of halogens is 1. The number of rotatable bonds is 5. The molecule has 1 rings (SSSR count). The van der Waals surface area contributed by atoms with Crippen LogP contribution in [0.5, 0.6) is 0 Å². The summed E-state index contributed by atoms with van der Waals surface area (Å²) < 4.78 is 0. The molecule has 0 spiro atoms. The lowest BCUT2D eigenvalue weighted by atomic mass is 9.91. The Morgan fingerprint density at radius 2 is 1.87 bits per heavy atom. The molecule has 1 N–H and O–H groups in total. The topological polar surface area (TPSA) is 12.0 Å². The highest BCUT2D eigenvalue weighted by atomic mass is 35.5. The summed E-state index contributed by atoms with van der Waals surface area (Å²) in [6.45, 7) is 4.48. The summed E-state index contributed by atoms with van der Waals surface area (Å²) in [4.78, 5) is 0. The molecular weight excluding hydrogens is 206 g/mol. The molecule has 0 saturated heterocycles. The maximum absolute atomic E-state index is 5.86. The SMILES string of the molecule is CCC(Cc1ccc(Cl)cc1)C(C)NC. The fourth-order valence-corrected chi connectivity index (χ4v) is 1.96. The van der Waals surface area contributed by atoms with E-state index in [1.165, 1.54) is 12.0 Å². The summed E-state index contributed by atoms with van der Waals surface area (Å²) in [5.74, 6) is 0.691. The maximum atomic E-state index is 5.86. The summed E-state index contributed by atoms with van der Waals surface area (Å²) in [5, 5.41) is 4.13. The molecule has 0 aliphatic rings. The van der Waals surface area contributed by atoms with Crippen molar-refractivity contribution in [1.29, 1.82) is 0 Å². The van der Waals surface area contributed by atoms with Crippen molar-refractivity contribution in [1.82, 2.24) is 5.32 Å². The fraction of sp³-hybridized carbons (Fsp3) is 0.538. The Labute approximate surface area is 97.8 Å². The van der Waals surface area contributed by atoms with Crippen LogP contribution in [0.3, 0.4) is 0 Å². The van der Waals surface area contributed by atoms with Gasteiger partial charge in [-0.3, -0.25) is 0 Å². The van der Waals surface area contributed by atoms with Gasteiger partial charge in [0.05, 0.1) is 0 Å². The zero-order valence-corrected chi connectivity index (χ0v) is 10.5. The molecule has 15 heavy (non-hydrogen) atoms. The Balaban J connectivity index is 2.62. The van der Waals surface area contributed by atoms with Crippen LogP contribution in [0.15, 0.2) is 24.3 Å². The van der Waals surface area contributed by atoms with Crippen LogP contribution in [0, 0.1) is 5.92 Å². The molecule has 0 saturated carbocycles. The van der Waals surface area contributed by atoms with Gasteiger partial charge in [-0.25, -0.2) is 0 Å². The van der Waals surface area contributed by atoms with Crippen molar-refractivity contribution in [2.45, 2.75) is 32.7 Å². The Morgan fingerprint density at radius 1 is 1.27 bits per heavy atom. The van der Waals surface area contributed by atoms with Gasteiger partial charge in [-0.1, -0.05) is 37.1 Å². The fourth-order valence-electron chi connectivity index (χ4n) is 1.83. The number of benzene rings is 1. The van der Waals surface area contributed by atoms with E-state index in [-0.39, 0.29) is 0 Å². The monoisotopic (exact) mass is 225 g/mol. The molecule has 0 heterocycles. The van der Waals surface area contributed by atoms with Crippen LogP contribution in [0.25, 0.3) is 0 Å². The van der Waals surface area contributed by atoms with Crippen LogP contribution in [0.4, 0.5) is 0 Å². The summed E-state index contributed by atoms with van der Waals surface area (Å²) in [7, 11) is 2.02. The molecule has 2 unspecified atom stereocenters. The molecule has 0 bridgehead atoms. The van der Waals surface area contributed by atoms with Crippen LogP contribution in [0.2, 0.25) is 5.02 Å². The Hall–Kier alpha value is -0.530. The second kappa shape index (κ2) is 6.14. The summed E-state index contributed by atoms with van der Waals surface area (Å²) >= 11 is 5.86. The third kappa shape index (κ3) is 3.84. The van der Waals surface area contributed by atoms with Gasteiger partial charge in [-0.15, -0.1) is 0 Å². The van der Waals surface area contributed by atoms with Crippen LogP contribution in [-0.4, -0.2) is 13.1 Å². The molecular formula is C13H20ClN. The Morgan fingerprint density at radius 3 is 2.33 bits per heavy atom. The summed E-state index contributed by atoms with van der Waals surface area (Å²) in [6.07, 6.45) is 2.32. The van der Waals surface area contributed by atoms with Gasteiger partial charge in [-0.2, -0.15) is 0 Å². The molecule has 0 aromatic heterocycles. The van der Waals surface area contributed by atoms with E-state index in [0.29, 0.717) is 12.0 Å². The van der Waals surface area contributed by atoms with E-state index in [1.54, 1.807) is 0 Å². The zero-order chi connectivity index (χ0) is 11.3. The molecule has 84 valence electrons. The quantitative estimate of drug-likeness (QED) is 0.809. The van der Waals surface area contributed by atoms with Crippen molar-refractivity contribution in [3.63, 3.8) is 0 Å². The highest BCUT2D eigenvalue weighted by molar-refractivity contribution is 6.30. The first-order valence-corrected chi connectivity index (χ1v) is 5.96. The van der Waals surface area contributed by atoms with E-state index in [1.807, 2.05) is 19.2 Å². The average Bonchev–Trinajstić information content (AvgIpc) is 2.27. The van der Waals surface area contributed by atoms with Crippen molar-refractivity contribution in [3.05, 3.63) is 34.9 Å². The lowest BCUT2D eigenvalue weighted by molar-refractivity contribution is 0.381. The minimum absolute atomic E-state index is 0.561. The van der Waals surface area contributed by atoms with Crippen molar-refractivity contribution < 1.29 is 0 Å². The Kier molecular flexibility index (Phi) is 5.13. The van der Waals surface area contributed by atoms with Crippen LogP contribution < -0.4 is 5.32 Å². The van der Waals surface area contributed by atoms with E-state index in [2.05, 4.69) is 31.3 Å². The second-order valence-electron chi connectivity index (χ2n) is 4.08. The number of nitrogens with one attached hydrogen (secondary N) is 1. The van der Waals surface area contributed by atoms with Gasteiger partial charge in [0.1, 0.15) is 0 Å². The van der Waals surface area contributed by atoms with Gasteiger partial charge < -0.3 is 5.32 Å². The van der Waals surface area contributed by atoms with Gasteiger partial charge in [0.2, 0.25) is 0 Å². The first-order chi connectivity index (χ1) is 7.17. The van der Waals surface area contributed by atoms with E-state index >= 15 is 0 Å². The van der Waals surface area contributed by atoms with E-state index in [4.69, 9.17) is 11.6 Å². The number of hydrogen-bond donors (Lipinski definition) is 1. The third-order valence-electron chi connectivity index (χ3n) is 3.10. The van der Waals surface area contributed by atoms with Crippen molar-refractivity contribution in [2.75, 3.05) is 7.05 Å². The lowest BCUT2D eigenvalue weighted by Gasteiger charge is -2.22. The second-order valence-corrected chi connectivity index (χ2v) is 4.51. The zero-order valence-electron chi connectivity index (χ0n) is 9.76. The molecule has 2 heteroatoms. The molecule has 0 radical (unpaired) electrons. The predicted molar refractivity (Wildman–Crippen MR) is 67.5 cm³/mol. The smallest absolute Gasteiger partial charge is 0.0406 e. The van der Waals surface area contributed by atoms with Crippen molar-refractivity contribution in [2.24, 2.45) is 5.92 Å². The predicted octanol–water partition coefficient (Wildman–Crippen LogP) is 3.52. The summed E-state index contributed by atoms with van der Waals surface area (Å²) in [6, 6.07) is 8.73. The largest absolute Gasteiger partial charge is 0.317 e. The highest BCUT2D eigenvalue weighted by Gasteiger charge is 2.13. The molecule has 0 aliphatic carbocycles. The van der Waals surface area contributed by atoms with Crippen molar-refractivity contribution >= 4 is 11.6 Å². The van der Waals surface area contributed by atoms with E-state index in [0.717, 1.165) is 11.4 Å². The maximum Gasteiger partial charge on any atom is 0.0406 e. The lowest BCUT2D eigenvalue weighted by Crippen LogP contribution is -2.31. The highest BCUT2D eigenvalue weighted by Crippen LogP contribution is 2.17. The molecule has 0 aliphatic heterocycles. The third-order valence-corrected chi connectivity index (χ3v) is 3.35. The molecule has 1 nitrogen and oxygen atoms in total. The normalized spacial score (nSPS) is 14.9. The standard InChI is InChI=1S/C13H20ClN/c1-4-12(10(2)15-3)9-11-5-7-13(14)8-6-11/h5-8,10,12,15H,4,9H2,1-3H3. The van der Waals surface area contributed by atoms with E-state index < -0.39 is 0 Å². The van der Waals surface area contributed by atoms with Crippen molar-refractivity contribution in [3.8, 4) is 0 Å². The molecule has 2 atom stereocenters. The van der Waals surface area contributed by atoms with Crippen LogP contribution >= 0.6 is 11.6 Å². The number of hydrogen-bond acceptors (Lipinski definition) is 1. The van der Waals surface area contributed by atoms with Crippen LogP contribution in [0.1, 0.15) is 25.8 Å². The first-order valence-electron chi connectivity index (χ1n) is 5.59. The molecule has 1 aromatic rings. The van der Waals surface area contributed by atoms with Gasteiger partial charge in [0.15, 0.2) is 0 Å². The molecule has 0 amide bonds. The minimum atomic E-state index is 0.561. The van der Waals surface area contributed by atoms with Gasteiger partial charge >= 0.3 is 0 Å². The van der Waals surface area contributed by atoms with Gasteiger partial charge in [-0.05, 0) is 44.0 Å². The Bertz CT molecular complexity index is 281. The molecule has 0 fully saturated rings. The van der Waals surface area contributed by atoms with E-state index in [9.17, 15) is 0 Å². The average molecular weight is 226 g/mol. The van der Waals surface area contributed by atoms with Gasteiger partial charge in [0, 0.05) is 11.1 Å². The minimum Gasteiger partial charge on any atom is -0.317 e. The van der Waals surface area contributed by atoms with Gasteiger partial charge in [0.25, 0.3) is 0 Å². The van der Waals surface area contributed by atoms with Crippen LogP contribution in [-0.2, 0) is 6.42 Å². The summed E-state index contributed by atoms with van der Waals surface area (Å²) in [5.41, 5.74) is 1.37. The first kappa shape index (κ1) is 12.5.